The predicted molar refractivity (Wildman–Crippen MR) is 36.0 cm³/mol. The largest absolute Gasteiger partial charge is 0.472 e. The maximum atomic E-state index is 5.45. The summed E-state index contributed by atoms with van der Waals surface area (Å²) in [5.41, 5.74) is 0. The van der Waals surface area contributed by atoms with Gasteiger partial charge in [-0.2, -0.15) is 0 Å². The third-order valence-electron chi connectivity index (χ3n) is 0.737. The average Bonchev–Trinajstić information content (AvgIpc) is 2.34. The van der Waals surface area contributed by atoms with Crippen LogP contribution in [0.25, 0.3) is 0 Å². The summed E-state index contributed by atoms with van der Waals surface area (Å²) in [7, 11) is 1.55. The van der Waals surface area contributed by atoms with Crippen molar-refractivity contribution in [3.8, 4) is 5.19 Å². The molecule has 0 aromatic carbocycles. The van der Waals surface area contributed by atoms with Crippen LogP contribution in [0, 0.1) is 0 Å². The summed E-state index contributed by atoms with van der Waals surface area (Å²) in [6.45, 7) is 0. The topological polar surface area (TPSA) is 35.0 Å². The van der Waals surface area contributed by atoms with E-state index in [0.717, 1.165) is 5.01 Å². The Morgan fingerprint density at radius 3 is 2.78 bits per heavy atom. The summed E-state index contributed by atoms with van der Waals surface area (Å²) in [6, 6.07) is 0. The Morgan fingerprint density at radius 2 is 2.44 bits per heavy atom. The Labute approximate surface area is 61.6 Å². The van der Waals surface area contributed by atoms with Crippen LogP contribution >= 0.6 is 22.9 Å². The Balaban J connectivity index is 2.74. The molecule has 0 radical (unpaired) electrons. The lowest BCUT2D eigenvalue weighted by atomic mass is 10.9. The second-order valence-corrected chi connectivity index (χ2v) is 2.59. The molecule has 9 heavy (non-hydrogen) atoms. The van der Waals surface area contributed by atoms with Gasteiger partial charge in [0, 0.05) is 0 Å². The van der Waals surface area contributed by atoms with E-state index in [1.807, 2.05) is 0 Å². The number of rotatable bonds is 2. The molecular weight excluding hydrogens is 160 g/mol. The number of alkyl halides is 1. The highest BCUT2D eigenvalue weighted by atomic mass is 35.5. The summed E-state index contributed by atoms with van der Waals surface area (Å²) in [5, 5.41) is 8.73. The summed E-state index contributed by atoms with van der Waals surface area (Å²) < 4.78 is 4.78. The summed E-state index contributed by atoms with van der Waals surface area (Å²) in [5.74, 6) is 0.404. The van der Waals surface area contributed by atoms with E-state index in [1.54, 1.807) is 7.11 Å². The van der Waals surface area contributed by atoms with Crippen LogP contribution in [0.3, 0.4) is 0 Å². The van der Waals surface area contributed by atoms with Crippen molar-refractivity contribution in [3.05, 3.63) is 5.01 Å². The van der Waals surface area contributed by atoms with Crippen LogP contribution < -0.4 is 4.74 Å². The minimum absolute atomic E-state index is 0.404. The molecule has 1 aromatic heterocycles. The minimum Gasteiger partial charge on any atom is -0.472 e. The van der Waals surface area contributed by atoms with E-state index in [2.05, 4.69) is 10.2 Å². The molecule has 0 atom stereocenters. The molecule has 5 heteroatoms. The fourth-order valence-corrected chi connectivity index (χ4v) is 1.09. The number of hydrogen-bond donors (Lipinski definition) is 0. The second-order valence-electron chi connectivity index (χ2n) is 1.30. The van der Waals surface area contributed by atoms with Gasteiger partial charge in [-0.05, 0) is 0 Å². The number of hydrogen-bond acceptors (Lipinski definition) is 4. The lowest BCUT2D eigenvalue weighted by Crippen LogP contribution is -1.79. The van der Waals surface area contributed by atoms with Gasteiger partial charge in [-0.1, -0.05) is 11.3 Å². The molecule has 0 spiro atoms. The summed E-state index contributed by atoms with van der Waals surface area (Å²) in [4.78, 5) is 0. The molecule has 0 saturated carbocycles. The molecule has 50 valence electrons. The van der Waals surface area contributed by atoms with E-state index >= 15 is 0 Å². The van der Waals surface area contributed by atoms with Gasteiger partial charge in [0.05, 0.1) is 13.0 Å². The molecule has 0 N–H and O–H groups in total. The lowest BCUT2D eigenvalue weighted by molar-refractivity contribution is 0.407. The second kappa shape index (κ2) is 2.98. The van der Waals surface area contributed by atoms with E-state index < -0.39 is 0 Å². The molecule has 0 aliphatic heterocycles. The first-order valence-electron chi connectivity index (χ1n) is 2.29. The Kier molecular flexibility index (Phi) is 2.24. The van der Waals surface area contributed by atoms with Gasteiger partial charge >= 0.3 is 0 Å². The van der Waals surface area contributed by atoms with Crippen LogP contribution in [0.15, 0.2) is 0 Å². The standard InChI is InChI=1S/C4H5ClN2OS/c1-8-4-7-6-3(2-5)9-4/h2H2,1H3. The van der Waals surface area contributed by atoms with Gasteiger partial charge in [-0.25, -0.2) is 0 Å². The van der Waals surface area contributed by atoms with E-state index in [-0.39, 0.29) is 0 Å². The van der Waals surface area contributed by atoms with Crippen molar-refractivity contribution in [2.45, 2.75) is 5.88 Å². The van der Waals surface area contributed by atoms with Gasteiger partial charge in [0.15, 0.2) is 0 Å². The molecule has 1 aromatic rings. The average molecular weight is 165 g/mol. The van der Waals surface area contributed by atoms with Crippen LogP contribution in [0.4, 0.5) is 0 Å². The highest BCUT2D eigenvalue weighted by Gasteiger charge is 1.99. The van der Waals surface area contributed by atoms with Gasteiger partial charge in [-0.15, -0.1) is 21.8 Å². The molecule has 0 unspecified atom stereocenters. The van der Waals surface area contributed by atoms with E-state index in [1.165, 1.54) is 11.3 Å². The lowest BCUT2D eigenvalue weighted by Gasteiger charge is -1.83. The Hall–Kier alpha value is -0.350. The zero-order valence-corrected chi connectivity index (χ0v) is 6.37. The van der Waals surface area contributed by atoms with Crippen molar-refractivity contribution < 1.29 is 4.74 Å². The first-order chi connectivity index (χ1) is 4.36. The summed E-state index contributed by atoms with van der Waals surface area (Å²) in [6.07, 6.45) is 0. The monoisotopic (exact) mass is 164 g/mol. The number of aromatic nitrogens is 2. The number of halogens is 1. The van der Waals surface area contributed by atoms with Crippen LogP contribution in [-0.4, -0.2) is 17.3 Å². The quantitative estimate of drug-likeness (QED) is 0.618. The molecular formula is C4H5ClN2OS. The van der Waals surface area contributed by atoms with Crippen molar-refractivity contribution >= 4 is 22.9 Å². The smallest absolute Gasteiger partial charge is 0.293 e. The number of methoxy groups -OCH3 is 1. The normalized spacial score (nSPS) is 9.56. The molecule has 0 aliphatic rings. The molecule has 3 nitrogen and oxygen atoms in total. The zero-order chi connectivity index (χ0) is 6.69. The van der Waals surface area contributed by atoms with Crippen molar-refractivity contribution in [3.63, 3.8) is 0 Å². The Morgan fingerprint density at radius 1 is 1.67 bits per heavy atom. The van der Waals surface area contributed by atoms with Gasteiger partial charge in [0.1, 0.15) is 5.01 Å². The first kappa shape index (κ1) is 6.77. The van der Waals surface area contributed by atoms with Gasteiger partial charge in [-0.3, -0.25) is 0 Å². The SMILES string of the molecule is COc1nnc(CCl)s1. The maximum Gasteiger partial charge on any atom is 0.293 e. The highest BCUT2D eigenvalue weighted by Crippen LogP contribution is 2.17. The van der Waals surface area contributed by atoms with E-state index in [0.29, 0.717) is 11.1 Å². The molecule has 0 bridgehead atoms. The van der Waals surface area contributed by atoms with Crippen LogP contribution in [0.5, 0.6) is 5.19 Å². The third-order valence-corrected chi connectivity index (χ3v) is 2.03. The molecule has 0 aliphatic carbocycles. The van der Waals surface area contributed by atoms with Crippen molar-refractivity contribution in [2.75, 3.05) is 7.11 Å². The number of nitrogens with zero attached hydrogens (tertiary/aromatic N) is 2. The molecule has 0 fully saturated rings. The molecule has 1 rings (SSSR count). The first-order valence-corrected chi connectivity index (χ1v) is 3.64. The van der Waals surface area contributed by atoms with Gasteiger partial charge < -0.3 is 4.74 Å². The van der Waals surface area contributed by atoms with Crippen molar-refractivity contribution in [1.29, 1.82) is 0 Å². The van der Waals surface area contributed by atoms with Crippen molar-refractivity contribution in [2.24, 2.45) is 0 Å². The predicted octanol–water partition coefficient (Wildman–Crippen LogP) is 1.29. The number of ether oxygens (including phenoxy) is 1. The fraction of sp³-hybridized carbons (Fsp3) is 0.500. The molecule has 1 heterocycles. The highest BCUT2D eigenvalue weighted by molar-refractivity contribution is 7.13. The van der Waals surface area contributed by atoms with Gasteiger partial charge in [0.2, 0.25) is 0 Å². The molecule has 0 saturated heterocycles. The van der Waals surface area contributed by atoms with Gasteiger partial charge in [0.25, 0.3) is 5.19 Å². The Bertz CT molecular complexity index is 172. The molecule has 0 amide bonds. The van der Waals surface area contributed by atoms with Crippen LogP contribution in [0.1, 0.15) is 5.01 Å². The minimum atomic E-state index is 0.404. The third kappa shape index (κ3) is 1.53. The van der Waals surface area contributed by atoms with Crippen molar-refractivity contribution in [1.82, 2.24) is 10.2 Å². The van der Waals surface area contributed by atoms with Crippen LogP contribution in [0.2, 0.25) is 0 Å². The summed E-state index contributed by atoms with van der Waals surface area (Å²) >= 11 is 6.81. The zero-order valence-electron chi connectivity index (χ0n) is 4.80. The fourth-order valence-electron chi connectivity index (χ4n) is 0.375. The maximum absolute atomic E-state index is 5.45. The van der Waals surface area contributed by atoms with Crippen LogP contribution in [-0.2, 0) is 5.88 Å². The van der Waals surface area contributed by atoms with E-state index in [4.69, 9.17) is 16.3 Å². The van der Waals surface area contributed by atoms with E-state index in [9.17, 15) is 0 Å².